The lowest BCUT2D eigenvalue weighted by Crippen LogP contribution is -2.28. The lowest BCUT2D eigenvalue weighted by atomic mass is 10.2. The molecule has 1 aromatic carbocycles. The molecular formula is C19H15Cl3N4O2S. The average Bonchev–Trinajstić information content (AvgIpc) is 3.21. The third-order valence-electron chi connectivity index (χ3n) is 4.32. The predicted molar refractivity (Wildman–Crippen MR) is 120 cm³/mol. The van der Waals surface area contributed by atoms with Gasteiger partial charge in [0.25, 0.3) is 0 Å². The van der Waals surface area contributed by atoms with Gasteiger partial charge in [-0.05, 0) is 23.6 Å². The van der Waals surface area contributed by atoms with E-state index >= 15 is 0 Å². The van der Waals surface area contributed by atoms with Crippen molar-refractivity contribution >= 4 is 69.2 Å². The first-order valence-corrected chi connectivity index (χ1v) is 10.4. The van der Waals surface area contributed by atoms with E-state index in [0.717, 1.165) is 16.4 Å². The van der Waals surface area contributed by atoms with Crippen LogP contribution in [0.3, 0.4) is 0 Å². The first kappa shape index (κ1) is 20.1. The van der Waals surface area contributed by atoms with Crippen molar-refractivity contribution in [3.05, 3.63) is 55.8 Å². The Bertz CT molecular complexity index is 1060. The molecule has 0 unspecified atom stereocenters. The van der Waals surface area contributed by atoms with Crippen LogP contribution in [-0.4, -0.2) is 31.7 Å². The van der Waals surface area contributed by atoms with Gasteiger partial charge in [0.15, 0.2) is 11.5 Å². The number of nitrogens with zero attached hydrogens (tertiary/aromatic N) is 3. The molecule has 0 saturated carbocycles. The van der Waals surface area contributed by atoms with Gasteiger partial charge in [-0.15, -0.1) is 11.3 Å². The molecule has 1 aliphatic heterocycles. The summed E-state index contributed by atoms with van der Waals surface area (Å²) in [5, 5.41) is 6.04. The van der Waals surface area contributed by atoms with Crippen molar-refractivity contribution in [2.24, 2.45) is 4.99 Å². The fourth-order valence-corrected chi connectivity index (χ4v) is 5.11. The Morgan fingerprint density at radius 2 is 1.76 bits per heavy atom. The van der Waals surface area contributed by atoms with E-state index in [4.69, 9.17) is 44.3 Å². The van der Waals surface area contributed by atoms with E-state index in [1.807, 2.05) is 34.5 Å². The molecule has 0 saturated heterocycles. The van der Waals surface area contributed by atoms with Crippen LogP contribution in [0.15, 0.2) is 40.8 Å². The molecule has 0 bridgehead atoms. The number of rotatable bonds is 4. The zero-order valence-electron chi connectivity index (χ0n) is 15.4. The number of methoxy groups -OCH3 is 2. The summed E-state index contributed by atoms with van der Waals surface area (Å²) in [6, 6.07) is 7.63. The molecule has 10 heteroatoms. The summed E-state index contributed by atoms with van der Waals surface area (Å²) in [6.45, 7) is 0.284. The number of hydrogen-bond donors (Lipinski definition) is 1. The topological polar surface area (TPSA) is 59.0 Å². The Kier molecular flexibility index (Phi) is 5.74. The van der Waals surface area contributed by atoms with Crippen LogP contribution in [-0.2, 0) is 0 Å². The number of pyridine rings is 1. The Morgan fingerprint density at radius 3 is 2.38 bits per heavy atom. The van der Waals surface area contributed by atoms with Crippen molar-refractivity contribution in [3.8, 4) is 11.5 Å². The van der Waals surface area contributed by atoms with Crippen molar-refractivity contribution in [1.29, 1.82) is 0 Å². The number of benzene rings is 1. The largest absolute Gasteiger partial charge is 0.493 e. The molecule has 1 aliphatic rings. The summed E-state index contributed by atoms with van der Waals surface area (Å²) in [7, 11) is 2.98. The highest BCUT2D eigenvalue weighted by Gasteiger charge is 2.31. The fraction of sp³-hybridized carbons (Fsp3) is 0.158. The Labute approximate surface area is 186 Å². The number of amidine groups is 1. The third kappa shape index (κ3) is 3.48. The summed E-state index contributed by atoms with van der Waals surface area (Å²) >= 11 is 21.1. The fourth-order valence-electron chi connectivity index (χ4n) is 3.03. The van der Waals surface area contributed by atoms with Gasteiger partial charge in [-0.1, -0.05) is 40.9 Å². The van der Waals surface area contributed by atoms with Crippen LogP contribution in [0.1, 0.15) is 4.88 Å². The van der Waals surface area contributed by atoms with E-state index in [1.54, 1.807) is 17.5 Å². The molecule has 0 spiro atoms. The van der Waals surface area contributed by atoms with Gasteiger partial charge < -0.3 is 19.7 Å². The van der Waals surface area contributed by atoms with E-state index in [9.17, 15) is 0 Å². The molecule has 0 atom stereocenters. The molecule has 0 radical (unpaired) electrons. The number of nitrogens with one attached hydrogen (secondary N) is 1. The van der Waals surface area contributed by atoms with E-state index < -0.39 is 0 Å². The van der Waals surface area contributed by atoms with Crippen LogP contribution in [0.25, 0.3) is 0 Å². The standard InChI is InChI=1S/C19H15Cl3N4O2S/c1-27-16-12(20)15(13(21)17(28-2)14(16)22)26-9-24-19(18-10(26)6-8-29-18)25-11-5-3-4-7-23-11/h3-8H,9H2,1-2H3,(H,23,24,25). The van der Waals surface area contributed by atoms with Gasteiger partial charge in [0.2, 0.25) is 0 Å². The summed E-state index contributed by atoms with van der Waals surface area (Å²) in [6.07, 6.45) is 1.72. The highest BCUT2D eigenvalue weighted by Crippen LogP contribution is 2.54. The quantitative estimate of drug-likeness (QED) is 0.501. The number of hydrogen-bond acceptors (Lipinski definition) is 7. The van der Waals surface area contributed by atoms with Crippen LogP contribution < -0.4 is 19.7 Å². The minimum absolute atomic E-state index is 0.220. The van der Waals surface area contributed by atoms with Gasteiger partial charge in [0, 0.05) is 6.20 Å². The first-order chi connectivity index (χ1) is 14.1. The second-order valence-corrected chi connectivity index (χ2v) is 7.96. The zero-order chi connectivity index (χ0) is 20.5. The van der Waals surface area contributed by atoms with Crippen LogP contribution in [0, 0.1) is 0 Å². The molecule has 0 aliphatic carbocycles. The highest BCUT2D eigenvalue weighted by atomic mass is 35.5. The molecule has 3 heterocycles. The Morgan fingerprint density at radius 1 is 1.03 bits per heavy atom. The van der Waals surface area contributed by atoms with Crippen LogP contribution >= 0.6 is 46.1 Å². The van der Waals surface area contributed by atoms with Gasteiger partial charge in [-0.25, -0.2) is 9.98 Å². The zero-order valence-corrected chi connectivity index (χ0v) is 18.5. The van der Waals surface area contributed by atoms with Crippen molar-refractivity contribution in [2.75, 3.05) is 31.1 Å². The van der Waals surface area contributed by atoms with Gasteiger partial charge >= 0.3 is 0 Å². The maximum absolute atomic E-state index is 6.62. The van der Waals surface area contributed by atoms with Crippen LogP contribution in [0.2, 0.25) is 15.1 Å². The minimum Gasteiger partial charge on any atom is -0.493 e. The smallest absolute Gasteiger partial charge is 0.162 e. The second-order valence-electron chi connectivity index (χ2n) is 5.91. The van der Waals surface area contributed by atoms with Crippen molar-refractivity contribution < 1.29 is 9.47 Å². The maximum Gasteiger partial charge on any atom is 0.162 e. The monoisotopic (exact) mass is 468 g/mol. The van der Waals surface area contributed by atoms with Gasteiger partial charge in [-0.3, -0.25) is 0 Å². The van der Waals surface area contributed by atoms with Gasteiger partial charge in [-0.2, -0.15) is 0 Å². The molecule has 29 heavy (non-hydrogen) atoms. The number of fused-ring (bicyclic) bond motifs is 1. The SMILES string of the molecule is COc1c(Cl)c(OC)c(Cl)c(N2CN=C(Nc3ccccn3)c3sccc32)c1Cl. The number of anilines is 3. The highest BCUT2D eigenvalue weighted by molar-refractivity contribution is 7.13. The normalized spacial score (nSPS) is 13.0. The number of halogens is 3. The van der Waals surface area contributed by atoms with Crippen LogP contribution in [0.4, 0.5) is 17.2 Å². The molecule has 150 valence electrons. The molecule has 0 fully saturated rings. The molecule has 1 N–H and O–H groups in total. The van der Waals surface area contributed by atoms with E-state index in [0.29, 0.717) is 23.0 Å². The summed E-state index contributed by atoms with van der Waals surface area (Å²) in [5.74, 6) is 2.03. The van der Waals surface area contributed by atoms with Gasteiger partial charge in [0.1, 0.15) is 33.4 Å². The second kappa shape index (κ2) is 8.28. The summed E-state index contributed by atoms with van der Waals surface area (Å²) in [5.41, 5.74) is 1.42. The third-order valence-corrected chi connectivity index (χ3v) is 6.28. The number of aromatic nitrogens is 1. The summed E-state index contributed by atoms with van der Waals surface area (Å²) < 4.78 is 10.8. The van der Waals surface area contributed by atoms with E-state index in [-0.39, 0.29) is 21.7 Å². The first-order valence-electron chi connectivity index (χ1n) is 8.43. The van der Waals surface area contributed by atoms with E-state index in [1.165, 1.54) is 14.2 Å². The lowest BCUT2D eigenvalue weighted by molar-refractivity contribution is 0.395. The molecule has 6 nitrogen and oxygen atoms in total. The molecule has 2 aromatic heterocycles. The van der Waals surface area contributed by atoms with Gasteiger partial charge in [0.05, 0.1) is 30.5 Å². The number of ether oxygens (including phenoxy) is 2. The lowest BCUT2D eigenvalue weighted by Gasteiger charge is -2.30. The van der Waals surface area contributed by atoms with Crippen molar-refractivity contribution in [3.63, 3.8) is 0 Å². The molecular weight excluding hydrogens is 455 g/mol. The molecule has 0 amide bonds. The molecule has 4 rings (SSSR count). The minimum atomic E-state index is 0.220. The number of thiophene rings is 1. The number of aliphatic imine (C=N–C) groups is 1. The van der Waals surface area contributed by atoms with E-state index in [2.05, 4.69) is 15.3 Å². The predicted octanol–water partition coefficient (Wildman–Crippen LogP) is 6.09. The summed E-state index contributed by atoms with van der Waals surface area (Å²) in [4.78, 5) is 11.8. The maximum atomic E-state index is 6.62. The van der Waals surface area contributed by atoms with Crippen LogP contribution in [0.5, 0.6) is 11.5 Å². The Balaban J connectivity index is 1.79. The Hall–Kier alpha value is -2.19. The molecule has 3 aromatic rings. The van der Waals surface area contributed by atoms with Crippen molar-refractivity contribution in [1.82, 2.24) is 4.98 Å². The van der Waals surface area contributed by atoms with Crippen molar-refractivity contribution in [2.45, 2.75) is 0 Å². The average molecular weight is 470 g/mol.